The van der Waals surface area contributed by atoms with Crippen molar-refractivity contribution in [1.29, 1.82) is 0 Å². The van der Waals surface area contributed by atoms with Crippen LogP contribution in [-0.2, 0) is 14.1 Å². The van der Waals surface area contributed by atoms with Crippen LogP contribution >= 0.6 is 7.14 Å². The van der Waals surface area contributed by atoms with Crippen LogP contribution in [0.4, 0.5) is 0 Å². The maximum Gasteiger partial charge on any atom is 0.313 e. The second kappa shape index (κ2) is 5.35. The monoisotopic (exact) mass is 248 g/mol. The largest absolute Gasteiger partial charge is 0.460 e. The van der Waals surface area contributed by atoms with E-state index in [-0.39, 0.29) is 23.4 Å². The van der Waals surface area contributed by atoms with Gasteiger partial charge in [-0.15, -0.1) is 0 Å². The van der Waals surface area contributed by atoms with Crippen LogP contribution in [0.2, 0.25) is 0 Å². The van der Waals surface area contributed by atoms with Gasteiger partial charge in [-0.2, -0.15) is 0 Å². The quantitative estimate of drug-likeness (QED) is 0.565. The number of carbonyl (C=O) groups is 1. The summed E-state index contributed by atoms with van der Waals surface area (Å²) in [6.07, 6.45) is 0.0552. The molecule has 0 saturated carbocycles. The molecule has 16 heavy (non-hydrogen) atoms. The molecule has 0 aliphatic heterocycles. The average molecular weight is 248 g/mol. The van der Waals surface area contributed by atoms with E-state index in [0.717, 1.165) is 0 Å². The number of rotatable bonds is 4. The van der Waals surface area contributed by atoms with Gasteiger partial charge in [0, 0.05) is 11.3 Å². The molecule has 0 aliphatic carbocycles. The van der Waals surface area contributed by atoms with Crippen LogP contribution in [0.25, 0.3) is 0 Å². The summed E-state index contributed by atoms with van der Waals surface area (Å²) < 4.78 is 17.8. The summed E-state index contributed by atoms with van der Waals surface area (Å²) in [5.74, 6) is -0.349. The number of ether oxygens (including phenoxy) is 1. The molecular weight excluding hydrogens is 223 g/mol. The third kappa shape index (κ3) is 4.69. The minimum absolute atomic E-state index is 0.0278. The number of carbonyl (C=O) groups excluding carboxylic acids is 1. The maximum atomic E-state index is 12.6. The van der Waals surface area contributed by atoms with Crippen LogP contribution in [0.5, 0.6) is 0 Å². The Kier molecular flexibility index (Phi) is 5.25. The van der Waals surface area contributed by atoms with Gasteiger partial charge in [-0.25, -0.2) is 0 Å². The lowest BCUT2D eigenvalue weighted by Gasteiger charge is -2.27. The van der Waals surface area contributed by atoms with Crippen molar-refractivity contribution in [3.05, 3.63) is 0 Å². The fourth-order valence-electron chi connectivity index (χ4n) is 1.54. The molecule has 0 rings (SSSR count). The molecule has 0 amide bonds. The van der Waals surface area contributed by atoms with Crippen molar-refractivity contribution in [1.82, 2.24) is 0 Å². The van der Waals surface area contributed by atoms with E-state index in [1.807, 2.05) is 48.5 Å². The first kappa shape index (κ1) is 15.7. The molecule has 0 aromatic heterocycles. The minimum atomic E-state index is -2.48. The smallest absolute Gasteiger partial charge is 0.313 e. The number of hydrogen-bond donors (Lipinski definition) is 0. The van der Waals surface area contributed by atoms with Gasteiger partial charge in [-0.1, -0.05) is 27.7 Å². The van der Waals surface area contributed by atoms with Gasteiger partial charge in [0.25, 0.3) is 0 Å². The summed E-state index contributed by atoms with van der Waals surface area (Å²) in [6, 6.07) is 0. The molecule has 0 aromatic carbocycles. The zero-order valence-electron chi connectivity index (χ0n) is 11.5. The van der Waals surface area contributed by atoms with Crippen LogP contribution in [0.3, 0.4) is 0 Å². The van der Waals surface area contributed by atoms with Crippen molar-refractivity contribution in [3.8, 4) is 0 Å². The Morgan fingerprint density at radius 3 is 1.75 bits per heavy atom. The fraction of sp³-hybridized carbons (Fsp3) is 0.917. The van der Waals surface area contributed by atoms with Gasteiger partial charge in [-0.05, 0) is 20.8 Å². The van der Waals surface area contributed by atoms with E-state index in [1.54, 1.807) is 0 Å². The van der Waals surface area contributed by atoms with Crippen LogP contribution < -0.4 is 0 Å². The first-order valence-electron chi connectivity index (χ1n) is 5.79. The standard InChI is InChI=1S/C12H25O3P/c1-9(2)16(14,10(3)4)8-11(13)15-12(5,6)7/h9-10H,8H2,1-7H3. The van der Waals surface area contributed by atoms with Gasteiger partial charge < -0.3 is 9.30 Å². The Hall–Kier alpha value is -0.300. The molecule has 0 heterocycles. The molecule has 0 atom stereocenters. The Morgan fingerprint density at radius 1 is 1.12 bits per heavy atom. The summed E-state index contributed by atoms with van der Waals surface area (Å²) in [5, 5.41) is 0. The molecule has 0 unspecified atom stereocenters. The molecule has 0 aromatic rings. The number of esters is 1. The van der Waals surface area contributed by atoms with E-state index in [4.69, 9.17) is 4.74 Å². The molecule has 0 bridgehead atoms. The third-order valence-electron chi connectivity index (χ3n) is 2.54. The molecule has 4 heteroatoms. The van der Waals surface area contributed by atoms with Gasteiger partial charge in [0.15, 0.2) is 0 Å². The number of hydrogen-bond acceptors (Lipinski definition) is 3. The first-order chi connectivity index (χ1) is 6.99. The topological polar surface area (TPSA) is 43.4 Å². The van der Waals surface area contributed by atoms with E-state index >= 15 is 0 Å². The highest BCUT2D eigenvalue weighted by atomic mass is 31.2. The minimum Gasteiger partial charge on any atom is -0.460 e. The third-order valence-corrected chi connectivity index (χ3v) is 6.79. The van der Waals surface area contributed by atoms with Gasteiger partial charge in [-0.3, -0.25) is 4.79 Å². The summed E-state index contributed by atoms with van der Waals surface area (Å²) >= 11 is 0. The fourth-order valence-corrected chi connectivity index (χ4v) is 3.93. The normalized spacial score (nSPS) is 13.3. The predicted molar refractivity (Wildman–Crippen MR) is 68.6 cm³/mol. The van der Waals surface area contributed by atoms with Crippen molar-refractivity contribution in [2.75, 3.05) is 6.16 Å². The van der Waals surface area contributed by atoms with Gasteiger partial charge >= 0.3 is 5.97 Å². The van der Waals surface area contributed by atoms with Crippen LogP contribution in [0.15, 0.2) is 0 Å². The summed E-state index contributed by atoms with van der Waals surface area (Å²) in [6.45, 7) is 13.1. The van der Waals surface area contributed by atoms with Crippen molar-refractivity contribution in [3.63, 3.8) is 0 Å². The molecule has 0 spiro atoms. The van der Waals surface area contributed by atoms with Gasteiger partial charge in [0.2, 0.25) is 0 Å². The summed E-state index contributed by atoms with van der Waals surface area (Å²) in [7, 11) is -2.48. The van der Waals surface area contributed by atoms with Gasteiger partial charge in [0.05, 0.1) is 6.16 Å². The van der Waals surface area contributed by atoms with Crippen molar-refractivity contribution < 1.29 is 14.1 Å². The lowest BCUT2D eigenvalue weighted by Crippen LogP contribution is -2.27. The molecule has 0 radical (unpaired) electrons. The summed E-state index contributed by atoms with van der Waals surface area (Å²) in [4.78, 5) is 11.7. The van der Waals surface area contributed by atoms with E-state index in [0.29, 0.717) is 0 Å². The highest BCUT2D eigenvalue weighted by Crippen LogP contribution is 2.54. The molecule has 0 saturated heterocycles. The highest BCUT2D eigenvalue weighted by molar-refractivity contribution is 7.66. The Balaban J connectivity index is 4.68. The SMILES string of the molecule is CC(C)P(=O)(CC(=O)OC(C)(C)C)C(C)C. The van der Waals surface area contributed by atoms with E-state index in [2.05, 4.69) is 0 Å². The lowest BCUT2D eigenvalue weighted by molar-refractivity contribution is -0.151. The maximum absolute atomic E-state index is 12.6. The van der Waals surface area contributed by atoms with Crippen LogP contribution in [0, 0.1) is 0 Å². The molecule has 0 N–H and O–H groups in total. The Labute approximate surface area is 99.3 Å². The second-order valence-corrected chi connectivity index (χ2v) is 9.88. The lowest BCUT2D eigenvalue weighted by atomic mass is 10.2. The average Bonchev–Trinajstić information content (AvgIpc) is 1.98. The second-order valence-electron chi connectivity index (χ2n) is 5.79. The summed E-state index contributed by atoms with van der Waals surface area (Å²) in [5.41, 5.74) is -0.449. The molecule has 96 valence electrons. The van der Waals surface area contributed by atoms with Crippen molar-refractivity contribution in [2.45, 2.75) is 65.4 Å². The van der Waals surface area contributed by atoms with Crippen LogP contribution in [-0.4, -0.2) is 29.1 Å². The van der Waals surface area contributed by atoms with E-state index in [9.17, 15) is 9.36 Å². The van der Waals surface area contributed by atoms with Crippen molar-refractivity contribution >= 4 is 13.1 Å². The van der Waals surface area contributed by atoms with Crippen LogP contribution in [0.1, 0.15) is 48.5 Å². The first-order valence-corrected chi connectivity index (χ1v) is 7.82. The predicted octanol–water partition coefficient (Wildman–Crippen LogP) is 3.51. The Morgan fingerprint density at radius 2 is 1.50 bits per heavy atom. The van der Waals surface area contributed by atoms with E-state index < -0.39 is 12.7 Å². The highest BCUT2D eigenvalue weighted by Gasteiger charge is 2.34. The molecule has 0 fully saturated rings. The Bertz CT molecular complexity index is 275. The zero-order chi connectivity index (χ0) is 13.1. The van der Waals surface area contributed by atoms with Gasteiger partial charge in [0.1, 0.15) is 12.7 Å². The molecular formula is C12H25O3P. The molecule has 0 aliphatic rings. The molecule has 3 nitrogen and oxygen atoms in total. The van der Waals surface area contributed by atoms with E-state index in [1.165, 1.54) is 0 Å². The van der Waals surface area contributed by atoms with Crippen molar-refractivity contribution in [2.24, 2.45) is 0 Å². The zero-order valence-corrected chi connectivity index (χ0v) is 12.4.